The molecule has 2 aromatic carbocycles. The molecule has 0 spiro atoms. The molecule has 0 saturated heterocycles. The number of benzene rings is 2. The third kappa shape index (κ3) is 2.93. The molecule has 0 saturated carbocycles. The molecule has 28 heavy (non-hydrogen) atoms. The van der Waals surface area contributed by atoms with Crippen LogP contribution >= 0.6 is 0 Å². The van der Waals surface area contributed by atoms with Gasteiger partial charge in [-0.3, -0.25) is 4.79 Å². The molecule has 142 valence electrons. The molecular formula is C23H22N2O3. The van der Waals surface area contributed by atoms with Crippen molar-refractivity contribution >= 4 is 27.9 Å². The number of nitrogens with zero attached hydrogens (tertiary/aromatic N) is 1. The van der Waals surface area contributed by atoms with E-state index in [0.717, 1.165) is 11.1 Å². The lowest BCUT2D eigenvalue weighted by Gasteiger charge is -2.19. The molecule has 0 unspecified atom stereocenters. The van der Waals surface area contributed by atoms with Gasteiger partial charge in [0.05, 0.1) is 11.0 Å². The fourth-order valence-corrected chi connectivity index (χ4v) is 3.65. The molecule has 3 aromatic rings. The molecule has 1 atom stereocenters. The third-order valence-electron chi connectivity index (χ3n) is 5.16. The van der Waals surface area contributed by atoms with Crippen molar-refractivity contribution in [2.24, 2.45) is 0 Å². The standard InChI is InChI=1S/C23H22N2O3/c1-13-18(14-9-11-15(12-10-14)23(2,3)4)19(22(27)28-13)20-16-7-5-6-8-17(16)21(26)25-24-20/h5-13H,1-4H3,(H,25,26)/t13-/m1/s1. The van der Waals surface area contributed by atoms with Gasteiger partial charge in [-0.1, -0.05) is 63.2 Å². The maximum atomic E-state index is 12.7. The summed E-state index contributed by atoms with van der Waals surface area (Å²) in [5, 5.41) is 7.85. The number of esters is 1. The van der Waals surface area contributed by atoms with Crippen LogP contribution in [0.5, 0.6) is 0 Å². The maximum absolute atomic E-state index is 12.7. The minimum atomic E-state index is -0.424. The number of hydrogen-bond donors (Lipinski definition) is 1. The van der Waals surface area contributed by atoms with Crippen LogP contribution in [0.3, 0.4) is 0 Å². The van der Waals surface area contributed by atoms with Crippen molar-refractivity contribution in [3.8, 4) is 0 Å². The van der Waals surface area contributed by atoms with Gasteiger partial charge >= 0.3 is 5.97 Å². The second-order valence-corrected chi connectivity index (χ2v) is 8.11. The third-order valence-corrected chi connectivity index (χ3v) is 5.16. The lowest BCUT2D eigenvalue weighted by atomic mass is 9.85. The van der Waals surface area contributed by atoms with Gasteiger partial charge in [-0.15, -0.1) is 0 Å². The molecule has 1 aliphatic rings. The van der Waals surface area contributed by atoms with E-state index in [1.54, 1.807) is 18.2 Å². The quantitative estimate of drug-likeness (QED) is 0.686. The number of fused-ring (bicyclic) bond motifs is 1. The van der Waals surface area contributed by atoms with Crippen LogP contribution in [0, 0.1) is 0 Å². The molecule has 0 amide bonds. The predicted molar refractivity (Wildman–Crippen MR) is 110 cm³/mol. The highest BCUT2D eigenvalue weighted by Crippen LogP contribution is 2.38. The molecular weight excluding hydrogens is 352 g/mol. The summed E-state index contributed by atoms with van der Waals surface area (Å²) >= 11 is 0. The summed E-state index contributed by atoms with van der Waals surface area (Å²) in [7, 11) is 0. The highest BCUT2D eigenvalue weighted by molar-refractivity contribution is 6.29. The number of H-pyrrole nitrogens is 1. The smallest absolute Gasteiger partial charge is 0.341 e. The zero-order valence-corrected chi connectivity index (χ0v) is 16.4. The van der Waals surface area contributed by atoms with E-state index in [1.807, 2.05) is 25.1 Å². The minimum absolute atomic E-state index is 0.0417. The zero-order chi connectivity index (χ0) is 20.1. The van der Waals surface area contributed by atoms with Crippen molar-refractivity contribution in [2.75, 3.05) is 0 Å². The number of nitrogens with one attached hydrogen (secondary N) is 1. The lowest BCUT2D eigenvalue weighted by molar-refractivity contribution is -0.136. The van der Waals surface area contributed by atoms with E-state index in [2.05, 4.69) is 43.1 Å². The van der Waals surface area contributed by atoms with Gasteiger partial charge in [-0.05, 0) is 29.5 Å². The Morgan fingerprint density at radius 1 is 0.964 bits per heavy atom. The highest BCUT2D eigenvalue weighted by Gasteiger charge is 2.35. The summed E-state index contributed by atoms with van der Waals surface area (Å²) in [5.41, 5.74) is 3.52. The summed E-state index contributed by atoms with van der Waals surface area (Å²) in [5.74, 6) is -0.424. The summed E-state index contributed by atoms with van der Waals surface area (Å²) < 4.78 is 5.53. The van der Waals surface area contributed by atoms with E-state index in [1.165, 1.54) is 5.56 Å². The first kappa shape index (κ1) is 18.2. The molecule has 1 N–H and O–H groups in total. The number of ether oxygens (including phenoxy) is 1. The number of cyclic esters (lactones) is 1. The average Bonchev–Trinajstić information content (AvgIpc) is 2.95. The molecule has 5 nitrogen and oxygen atoms in total. The van der Waals surface area contributed by atoms with Crippen LogP contribution < -0.4 is 5.56 Å². The number of hydrogen-bond acceptors (Lipinski definition) is 4. The fourth-order valence-electron chi connectivity index (χ4n) is 3.65. The highest BCUT2D eigenvalue weighted by atomic mass is 16.5. The number of rotatable bonds is 2. The lowest BCUT2D eigenvalue weighted by Crippen LogP contribution is -2.12. The van der Waals surface area contributed by atoms with Crippen molar-refractivity contribution in [3.63, 3.8) is 0 Å². The first-order valence-corrected chi connectivity index (χ1v) is 9.31. The number of carbonyl (C=O) groups is 1. The Labute approximate surface area is 163 Å². The second-order valence-electron chi connectivity index (χ2n) is 8.11. The molecule has 0 fully saturated rings. The predicted octanol–water partition coefficient (Wildman–Crippen LogP) is 4.08. The molecule has 5 heteroatoms. The first-order chi connectivity index (χ1) is 13.3. The van der Waals surface area contributed by atoms with Gasteiger partial charge in [0, 0.05) is 11.0 Å². The average molecular weight is 374 g/mol. The van der Waals surface area contributed by atoms with E-state index in [0.29, 0.717) is 22.0 Å². The van der Waals surface area contributed by atoms with Gasteiger partial charge in [0.25, 0.3) is 5.56 Å². The maximum Gasteiger partial charge on any atom is 0.341 e. The Kier molecular flexibility index (Phi) is 4.18. The van der Waals surface area contributed by atoms with Crippen LogP contribution in [0.4, 0.5) is 0 Å². The summed E-state index contributed by atoms with van der Waals surface area (Å²) in [4.78, 5) is 24.8. The molecule has 2 heterocycles. The van der Waals surface area contributed by atoms with Gasteiger partial charge < -0.3 is 4.74 Å². The first-order valence-electron chi connectivity index (χ1n) is 9.31. The normalized spacial score (nSPS) is 17.3. The van der Waals surface area contributed by atoms with E-state index in [-0.39, 0.29) is 11.0 Å². The number of aromatic nitrogens is 2. The van der Waals surface area contributed by atoms with Crippen LogP contribution in [-0.2, 0) is 14.9 Å². The Morgan fingerprint density at radius 2 is 1.61 bits per heavy atom. The molecule has 0 aliphatic carbocycles. The number of carbonyl (C=O) groups excluding carboxylic acids is 1. The molecule has 1 aromatic heterocycles. The van der Waals surface area contributed by atoms with Crippen LogP contribution in [0.15, 0.2) is 53.3 Å². The molecule has 0 radical (unpaired) electrons. The van der Waals surface area contributed by atoms with E-state index >= 15 is 0 Å². The summed E-state index contributed by atoms with van der Waals surface area (Å²) in [6.07, 6.45) is -0.393. The van der Waals surface area contributed by atoms with Crippen LogP contribution in [0.2, 0.25) is 0 Å². The minimum Gasteiger partial charge on any atom is -0.454 e. The zero-order valence-electron chi connectivity index (χ0n) is 16.4. The Hall–Kier alpha value is -3.21. The van der Waals surface area contributed by atoms with E-state index in [4.69, 9.17) is 4.74 Å². The summed E-state index contributed by atoms with van der Waals surface area (Å²) in [6, 6.07) is 15.3. The van der Waals surface area contributed by atoms with Crippen LogP contribution in [0.25, 0.3) is 21.9 Å². The van der Waals surface area contributed by atoms with Crippen molar-refractivity contribution in [1.82, 2.24) is 10.2 Å². The fraction of sp³-hybridized carbons (Fsp3) is 0.261. The monoisotopic (exact) mass is 374 g/mol. The summed E-state index contributed by atoms with van der Waals surface area (Å²) in [6.45, 7) is 8.33. The topological polar surface area (TPSA) is 72.0 Å². The Bertz CT molecular complexity index is 1160. The van der Waals surface area contributed by atoms with E-state index in [9.17, 15) is 9.59 Å². The largest absolute Gasteiger partial charge is 0.454 e. The van der Waals surface area contributed by atoms with Crippen LogP contribution in [0.1, 0.15) is 44.5 Å². The Morgan fingerprint density at radius 3 is 2.25 bits per heavy atom. The Balaban J connectivity index is 1.96. The molecule has 4 rings (SSSR count). The van der Waals surface area contributed by atoms with Gasteiger partial charge in [0.1, 0.15) is 11.8 Å². The van der Waals surface area contributed by atoms with Crippen LogP contribution in [-0.4, -0.2) is 22.3 Å². The molecule has 0 bridgehead atoms. The van der Waals surface area contributed by atoms with Crippen molar-refractivity contribution in [3.05, 3.63) is 75.7 Å². The van der Waals surface area contributed by atoms with Crippen molar-refractivity contribution in [1.29, 1.82) is 0 Å². The van der Waals surface area contributed by atoms with Crippen molar-refractivity contribution < 1.29 is 9.53 Å². The van der Waals surface area contributed by atoms with Gasteiger partial charge in [-0.25, -0.2) is 9.89 Å². The van der Waals surface area contributed by atoms with Gasteiger partial charge in [0.15, 0.2) is 0 Å². The number of aromatic amines is 1. The molecule has 1 aliphatic heterocycles. The van der Waals surface area contributed by atoms with E-state index < -0.39 is 12.1 Å². The van der Waals surface area contributed by atoms with Gasteiger partial charge in [-0.2, -0.15) is 5.10 Å². The van der Waals surface area contributed by atoms with Crippen molar-refractivity contribution in [2.45, 2.75) is 39.2 Å². The van der Waals surface area contributed by atoms with Gasteiger partial charge in [0.2, 0.25) is 0 Å². The second kappa shape index (κ2) is 6.44. The SMILES string of the molecule is C[C@H]1OC(=O)C(c2n[nH]c(=O)c3ccccc23)=C1c1ccc(C(C)(C)C)cc1.